The van der Waals surface area contributed by atoms with Gasteiger partial charge in [-0.2, -0.15) is 0 Å². The highest BCUT2D eigenvalue weighted by molar-refractivity contribution is 7.88. The summed E-state index contributed by atoms with van der Waals surface area (Å²) in [6.45, 7) is 2.17. The lowest BCUT2D eigenvalue weighted by atomic mass is 9.69. The number of rotatable bonds is 3. The predicted molar refractivity (Wildman–Crippen MR) is 86.8 cm³/mol. The van der Waals surface area contributed by atoms with Crippen molar-refractivity contribution in [2.24, 2.45) is 5.41 Å². The minimum atomic E-state index is -3.30. The van der Waals surface area contributed by atoms with Crippen LogP contribution in [-0.4, -0.2) is 67.8 Å². The van der Waals surface area contributed by atoms with Crippen LogP contribution in [0, 0.1) is 5.41 Å². The van der Waals surface area contributed by atoms with Crippen LogP contribution in [0.25, 0.3) is 0 Å². The van der Waals surface area contributed by atoms with Crippen molar-refractivity contribution in [3.8, 4) is 0 Å². The first kappa shape index (κ1) is 17.2. The molecule has 1 atom stereocenters. The number of carbonyl (C=O) groups is 1. The number of amides is 1. The Balaban J connectivity index is 1.69. The minimum absolute atomic E-state index is 0.127. The Morgan fingerprint density at radius 1 is 1.33 bits per heavy atom. The first-order valence-corrected chi connectivity index (χ1v) is 9.89. The number of carbonyl (C=O) groups excluding carboxylic acids is 1. The number of aromatic nitrogens is 2. The van der Waals surface area contributed by atoms with Gasteiger partial charge in [-0.1, -0.05) is 0 Å². The molecule has 0 bridgehead atoms. The van der Waals surface area contributed by atoms with Crippen LogP contribution in [0.4, 0.5) is 0 Å². The molecule has 1 N–H and O–H groups in total. The van der Waals surface area contributed by atoms with E-state index in [2.05, 4.69) is 14.7 Å². The van der Waals surface area contributed by atoms with Gasteiger partial charge in [-0.3, -0.25) is 9.78 Å². The van der Waals surface area contributed by atoms with Crippen LogP contribution in [0.1, 0.15) is 29.8 Å². The summed E-state index contributed by atoms with van der Waals surface area (Å²) in [6.07, 6.45) is 7.96. The van der Waals surface area contributed by atoms with Crippen LogP contribution in [-0.2, 0) is 14.8 Å². The van der Waals surface area contributed by atoms with Gasteiger partial charge in [-0.05, 0) is 24.7 Å². The zero-order valence-electron chi connectivity index (χ0n) is 13.6. The Bertz CT molecular complexity index is 687. The number of nitrogens with one attached hydrogen (secondary N) is 1. The molecule has 0 saturated carbocycles. The maximum absolute atomic E-state index is 12.5. The zero-order valence-corrected chi connectivity index (χ0v) is 14.5. The number of piperidine rings is 1. The molecule has 8 nitrogen and oxygen atoms in total. The predicted octanol–water partition coefficient (Wildman–Crippen LogP) is 0.0371. The van der Waals surface area contributed by atoms with Gasteiger partial charge in [0.25, 0.3) is 5.91 Å². The molecule has 1 amide bonds. The van der Waals surface area contributed by atoms with Gasteiger partial charge in [0.05, 0.1) is 25.1 Å². The number of hydrogen-bond donors (Lipinski definition) is 1. The van der Waals surface area contributed by atoms with E-state index in [1.807, 2.05) is 0 Å². The maximum atomic E-state index is 12.5. The van der Waals surface area contributed by atoms with Gasteiger partial charge in [-0.25, -0.2) is 18.1 Å². The van der Waals surface area contributed by atoms with Crippen molar-refractivity contribution in [3.05, 3.63) is 24.3 Å². The SMILES string of the molecule is CS(=O)(=O)NC1COCCC12CCN(C(=O)c1cnccn1)CC2. The van der Waals surface area contributed by atoms with Gasteiger partial charge in [0.15, 0.2) is 0 Å². The van der Waals surface area contributed by atoms with E-state index >= 15 is 0 Å². The fourth-order valence-corrected chi connectivity index (χ4v) is 4.41. The van der Waals surface area contributed by atoms with Gasteiger partial charge in [0.2, 0.25) is 10.0 Å². The van der Waals surface area contributed by atoms with Crippen LogP contribution in [0.5, 0.6) is 0 Å². The average Bonchev–Trinajstić information content (AvgIpc) is 2.57. The van der Waals surface area contributed by atoms with E-state index in [1.165, 1.54) is 24.8 Å². The molecular formula is C15H22N4O4S. The van der Waals surface area contributed by atoms with Crippen LogP contribution < -0.4 is 4.72 Å². The van der Waals surface area contributed by atoms with Crippen molar-refractivity contribution < 1.29 is 17.9 Å². The van der Waals surface area contributed by atoms with Crippen molar-refractivity contribution in [2.75, 3.05) is 32.6 Å². The lowest BCUT2D eigenvalue weighted by Crippen LogP contribution is -2.57. The minimum Gasteiger partial charge on any atom is -0.380 e. The molecule has 0 aromatic carbocycles. The molecule has 2 saturated heterocycles. The molecule has 2 aliphatic rings. The Morgan fingerprint density at radius 3 is 2.71 bits per heavy atom. The number of hydrogen-bond acceptors (Lipinski definition) is 6. The molecular weight excluding hydrogens is 332 g/mol. The molecule has 1 aromatic rings. The highest BCUT2D eigenvalue weighted by atomic mass is 32.2. The van der Waals surface area contributed by atoms with Crippen molar-refractivity contribution in [1.29, 1.82) is 0 Å². The van der Waals surface area contributed by atoms with E-state index in [0.717, 1.165) is 19.3 Å². The molecule has 24 heavy (non-hydrogen) atoms. The summed E-state index contributed by atoms with van der Waals surface area (Å²) in [5.41, 5.74) is 0.187. The molecule has 3 heterocycles. The van der Waals surface area contributed by atoms with E-state index in [0.29, 0.717) is 32.0 Å². The smallest absolute Gasteiger partial charge is 0.274 e. The highest BCUT2D eigenvalue weighted by Gasteiger charge is 2.45. The standard InChI is InChI=1S/C15H22N4O4S/c1-24(21,22)18-13-11-23-9-4-15(13)2-7-19(8-3-15)14(20)12-10-16-5-6-17-12/h5-6,10,13,18H,2-4,7-9,11H2,1H3. The molecule has 1 aromatic heterocycles. The number of likely N-dealkylation sites (tertiary alicyclic amines) is 1. The summed E-state index contributed by atoms with van der Waals surface area (Å²) in [5.74, 6) is -0.127. The van der Waals surface area contributed by atoms with Crippen molar-refractivity contribution in [3.63, 3.8) is 0 Å². The van der Waals surface area contributed by atoms with Crippen LogP contribution in [0.2, 0.25) is 0 Å². The zero-order chi connectivity index (χ0) is 17.2. The Kier molecular flexibility index (Phi) is 4.84. The quantitative estimate of drug-likeness (QED) is 0.822. The van der Waals surface area contributed by atoms with Crippen molar-refractivity contribution in [2.45, 2.75) is 25.3 Å². The summed E-state index contributed by atoms with van der Waals surface area (Å²) < 4.78 is 31.5. The third-order valence-corrected chi connectivity index (χ3v) is 5.67. The molecule has 132 valence electrons. The summed E-state index contributed by atoms with van der Waals surface area (Å²) in [7, 11) is -3.30. The summed E-state index contributed by atoms with van der Waals surface area (Å²) in [6, 6.07) is -0.241. The van der Waals surface area contributed by atoms with Crippen LogP contribution in [0.3, 0.4) is 0 Å². The second kappa shape index (κ2) is 6.73. The first-order chi connectivity index (χ1) is 11.4. The molecule has 1 spiro atoms. The van der Waals surface area contributed by atoms with Crippen molar-refractivity contribution in [1.82, 2.24) is 19.6 Å². The fraction of sp³-hybridized carbons (Fsp3) is 0.667. The fourth-order valence-electron chi connectivity index (χ4n) is 3.57. The number of nitrogens with zero attached hydrogens (tertiary/aromatic N) is 3. The monoisotopic (exact) mass is 354 g/mol. The molecule has 9 heteroatoms. The molecule has 2 aliphatic heterocycles. The maximum Gasteiger partial charge on any atom is 0.274 e. The second-order valence-corrected chi connectivity index (χ2v) is 8.29. The molecule has 3 rings (SSSR count). The number of ether oxygens (including phenoxy) is 1. The lowest BCUT2D eigenvalue weighted by Gasteiger charge is -2.48. The van der Waals surface area contributed by atoms with Gasteiger partial charge in [-0.15, -0.1) is 0 Å². The Labute approximate surface area is 141 Å². The normalized spacial score (nSPS) is 24.0. The third-order valence-electron chi connectivity index (χ3n) is 4.95. The Morgan fingerprint density at radius 2 is 2.08 bits per heavy atom. The summed E-state index contributed by atoms with van der Waals surface area (Å²) in [5, 5.41) is 0. The first-order valence-electron chi connectivity index (χ1n) is 8.00. The van der Waals surface area contributed by atoms with E-state index in [1.54, 1.807) is 4.90 Å². The largest absolute Gasteiger partial charge is 0.380 e. The molecule has 1 unspecified atom stereocenters. The summed E-state index contributed by atoms with van der Waals surface area (Å²) in [4.78, 5) is 22.2. The molecule has 0 aliphatic carbocycles. The van der Waals surface area contributed by atoms with Crippen LogP contribution >= 0.6 is 0 Å². The topological polar surface area (TPSA) is 101 Å². The van der Waals surface area contributed by atoms with Gasteiger partial charge < -0.3 is 9.64 Å². The van der Waals surface area contributed by atoms with E-state index in [-0.39, 0.29) is 17.4 Å². The highest BCUT2D eigenvalue weighted by Crippen LogP contribution is 2.41. The lowest BCUT2D eigenvalue weighted by molar-refractivity contribution is -0.0401. The van der Waals surface area contributed by atoms with Gasteiger partial charge >= 0.3 is 0 Å². The van der Waals surface area contributed by atoms with Crippen LogP contribution in [0.15, 0.2) is 18.6 Å². The van der Waals surface area contributed by atoms with E-state index in [4.69, 9.17) is 4.74 Å². The second-order valence-electron chi connectivity index (χ2n) is 6.51. The average molecular weight is 354 g/mol. The Hall–Kier alpha value is -1.58. The van der Waals surface area contributed by atoms with Gasteiger partial charge in [0.1, 0.15) is 5.69 Å². The number of sulfonamides is 1. The van der Waals surface area contributed by atoms with Crippen molar-refractivity contribution >= 4 is 15.9 Å². The third kappa shape index (κ3) is 3.73. The van der Waals surface area contributed by atoms with E-state index < -0.39 is 10.0 Å². The molecule has 2 fully saturated rings. The summed E-state index contributed by atoms with van der Waals surface area (Å²) >= 11 is 0. The molecule has 0 radical (unpaired) electrons. The van der Waals surface area contributed by atoms with Gasteiger partial charge in [0, 0.05) is 32.1 Å². The van der Waals surface area contributed by atoms with E-state index in [9.17, 15) is 13.2 Å².